The number of rotatable bonds is 22. The van der Waals surface area contributed by atoms with Crippen LogP contribution in [0.25, 0.3) is 0 Å². The SMILES string of the molecule is C.C=COCCON.C=COCCONC(=O)c1c(Nc2ccc(I)cc2F)n(C)c(=O)n(C)c1=O.Cn1c(Nc2ccc(I)cc2F)c(C(=O)NOCCO)c(=O)n(C)c1=O.Cn1c(Nc2ccc(I)cc2F)c(C(=O)Oc2ccccc2)c(=O)n(C)c1=O.[B][B][B]. The van der Waals surface area contributed by atoms with Gasteiger partial charge in [0.05, 0.1) is 42.8 Å². The molecule has 0 unspecified atom stereocenters. The molecule has 0 saturated heterocycles. The number of aromatic nitrogens is 6. The molecule has 0 aliphatic heterocycles. The molecule has 37 heteroatoms. The molecule has 28 nitrogen and oxygen atoms in total. The fourth-order valence-corrected chi connectivity index (χ4v) is 8.46. The summed E-state index contributed by atoms with van der Waals surface area (Å²) < 4.78 is 64.8. The number of anilines is 6. The third-order valence-electron chi connectivity index (χ3n) is 11.5. The largest absolute Gasteiger partial charge is 0.499 e. The molecule has 7 aromatic rings. The van der Waals surface area contributed by atoms with Crippen LogP contribution in [0.15, 0.2) is 139 Å². The van der Waals surface area contributed by atoms with Gasteiger partial charge in [0.15, 0.2) is 5.56 Å². The summed E-state index contributed by atoms with van der Waals surface area (Å²) in [6, 6.07) is 21.2. The Balaban J connectivity index is 0.000000440. The highest BCUT2D eigenvalue weighted by atomic mass is 127. The molecular weight excluding hydrogens is 1570 g/mol. The molecule has 0 bridgehead atoms. The van der Waals surface area contributed by atoms with Gasteiger partial charge in [-0.1, -0.05) is 38.8 Å². The first kappa shape index (κ1) is 80.9. The molecule has 0 aliphatic rings. The Morgan fingerprint density at radius 2 is 0.882 bits per heavy atom. The Morgan fingerprint density at radius 3 is 1.22 bits per heavy atom. The van der Waals surface area contributed by atoms with Crippen LogP contribution in [0.3, 0.4) is 0 Å². The van der Waals surface area contributed by atoms with Crippen molar-refractivity contribution in [1.29, 1.82) is 0 Å². The molecule has 8 N–H and O–H groups in total. The van der Waals surface area contributed by atoms with Crippen LogP contribution in [0.1, 0.15) is 38.5 Å². The van der Waals surface area contributed by atoms with Crippen LogP contribution < -0.4 is 71.3 Å². The maximum Gasteiger partial charge on any atom is 0.352 e. The summed E-state index contributed by atoms with van der Waals surface area (Å²) >= 11 is 5.83. The number of para-hydroxylation sites is 1. The summed E-state index contributed by atoms with van der Waals surface area (Å²) in [7, 11) is 17.7. The van der Waals surface area contributed by atoms with Gasteiger partial charge in [-0.2, -0.15) is 0 Å². The molecule has 2 amide bonds. The molecule has 0 aliphatic carbocycles. The van der Waals surface area contributed by atoms with Crippen LogP contribution in [0, 0.1) is 28.2 Å². The number of aliphatic hydroxyl groups excluding tert-OH is 1. The smallest absolute Gasteiger partial charge is 0.352 e. The lowest BCUT2D eigenvalue weighted by molar-refractivity contribution is 0.0143. The molecule has 93 heavy (non-hydrogen) atoms. The van der Waals surface area contributed by atoms with Crippen molar-refractivity contribution in [1.82, 2.24) is 38.4 Å². The zero-order valence-corrected chi connectivity index (χ0v) is 56.2. The number of carbonyl (C=O) groups is 3. The molecular formula is C56H62B3F3I3N12O16. The van der Waals surface area contributed by atoms with Gasteiger partial charge in [0.25, 0.3) is 28.5 Å². The van der Waals surface area contributed by atoms with Gasteiger partial charge in [0, 0.05) is 75.5 Å². The standard InChI is InChI=1S/C19H15FIN3O4.C17H18FIN4O5.C15H16FIN4O5.C4H9NO2.CH4.B3/c1-23-16(22-14-9-8-11(21)10-13(14)20)15(17(25)24(2)19(23)27)18(26)28-12-6-4-3-5-7-12;1-4-27-7-8-28-21-15(24)13-14(22(2)17(26)23(3)16(13)25)20-12-6-5-10(19)9-11(12)18;1-20-12(18-10-4-3-8(17)7-9(10)16)11(13(23)19-26-6-5-22)14(24)21(2)15(20)25;1-2-6-3-4-7-5;;1-3-2/h3-10,22H,1-2H3;4-6,9,20H,1,7-8H2,2-3H3,(H,21,24);3-4,7,18,22H,5-6H2,1-2H3,(H,19,23);2H,1,3-5H2;1H4;. The third kappa shape index (κ3) is 23.4. The number of hydrogen-bond acceptors (Lipinski definition) is 20. The van der Waals surface area contributed by atoms with E-state index < -0.39 is 85.7 Å². The number of benzene rings is 4. The van der Waals surface area contributed by atoms with Crippen molar-refractivity contribution < 1.29 is 61.4 Å². The molecule has 0 atom stereocenters. The van der Waals surface area contributed by atoms with E-state index in [1.165, 1.54) is 91.2 Å². The Morgan fingerprint density at radius 1 is 0.548 bits per heavy atom. The average molecular weight is 1630 g/mol. The van der Waals surface area contributed by atoms with Crippen LogP contribution in [-0.2, 0) is 66.3 Å². The molecule has 3 aromatic heterocycles. The van der Waals surface area contributed by atoms with E-state index in [1.807, 2.05) is 73.3 Å². The van der Waals surface area contributed by atoms with Crippen molar-refractivity contribution in [3.8, 4) is 5.75 Å². The fourth-order valence-electron chi connectivity index (χ4n) is 7.10. The van der Waals surface area contributed by atoms with Crippen molar-refractivity contribution >= 4 is 143 Å². The molecule has 0 saturated carbocycles. The van der Waals surface area contributed by atoms with E-state index in [1.54, 1.807) is 48.5 Å². The quantitative estimate of drug-likeness (QED) is 0.00961. The third-order valence-corrected chi connectivity index (χ3v) is 13.6. The highest BCUT2D eigenvalue weighted by Crippen LogP contribution is 2.26. The van der Waals surface area contributed by atoms with Crippen molar-refractivity contribution in [2.24, 2.45) is 48.2 Å². The predicted molar refractivity (Wildman–Crippen MR) is 370 cm³/mol. The maximum atomic E-state index is 14.3. The van der Waals surface area contributed by atoms with E-state index in [0.717, 1.165) is 34.5 Å². The van der Waals surface area contributed by atoms with Crippen molar-refractivity contribution in [3.05, 3.63) is 218 Å². The number of carbonyl (C=O) groups excluding carboxylic acids is 3. The minimum atomic E-state index is -0.962. The fraction of sp³-hybridized carbons (Fsp3) is 0.232. The van der Waals surface area contributed by atoms with Crippen LogP contribution in [0.2, 0.25) is 0 Å². The lowest BCUT2D eigenvalue weighted by Crippen LogP contribution is -2.43. The van der Waals surface area contributed by atoms with Crippen LogP contribution in [0.5, 0.6) is 5.75 Å². The summed E-state index contributed by atoms with van der Waals surface area (Å²) in [6.45, 7) is 7.16. The van der Waals surface area contributed by atoms with Gasteiger partial charge in [0.1, 0.15) is 78.2 Å². The molecule has 3 heterocycles. The minimum Gasteiger partial charge on any atom is -0.499 e. The second-order valence-electron chi connectivity index (χ2n) is 17.7. The molecule has 4 aromatic carbocycles. The van der Waals surface area contributed by atoms with Crippen molar-refractivity contribution in [3.63, 3.8) is 0 Å². The number of aliphatic hydroxyl groups is 1. The van der Waals surface area contributed by atoms with Gasteiger partial charge in [0.2, 0.25) is 0 Å². The Hall–Kier alpha value is -8.22. The van der Waals surface area contributed by atoms with Crippen LogP contribution in [0.4, 0.5) is 47.7 Å². The normalized spacial score (nSPS) is 10.0. The number of nitrogens with one attached hydrogen (secondary N) is 5. The highest BCUT2D eigenvalue weighted by molar-refractivity contribution is 14.1. The summed E-state index contributed by atoms with van der Waals surface area (Å²) in [5.41, 5.74) is -1.81. The maximum absolute atomic E-state index is 14.3. The second kappa shape index (κ2) is 40.7. The first-order valence-corrected chi connectivity index (χ1v) is 29.2. The van der Waals surface area contributed by atoms with Crippen LogP contribution >= 0.6 is 67.8 Å². The Labute approximate surface area is 573 Å². The van der Waals surface area contributed by atoms with Gasteiger partial charge in [-0.15, -0.1) is 0 Å². The average Bonchev–Trinajstić information content (AvgIpc) is 0.812. The first-order valence-electron chi connectivity index (χ1n) is 26.0. The number of amides is 2. The summed E-state index contributed by atoms with van der Waals surface area (Å²) in [5.74, 6) is -0.257. The zero-order valence-electron chi connectivity index (χ0n) is 49.7. The summed E-state index contributed by atoms with van der Waals surface area (Å²) in [5, 5.41) is 16.6. The van der Waals surface area contributed by atoms with E-state index >= 15 is 0 Å². The topological polar surface area (TPSA) is 345 Å². The molecule has 0 fully saturated rings. The van der Waals surface area contributed by atoms with Gasteiger partial charge in [-0.3, -0.25) is 61.1 Å². The van der Waals surface area contributed by atoms with Gasteiger partial charge in [-0.05, 0) is 135 Å². The van der Waals surface area contributed by atoms with Gasteiger partial charge >= 0.3 is 23.0 Å². The van der Waals surface area contributed by atoms with Crippen molar-refractivity contribution in [2.75, 3.05) is 55.6 Å². The number of hydroxylamine groups is 2. The van der Waals surface area contributed by atoms with E-state index in [4.69, 9.17) is 24.3 Å². The summed E-state index contributed by atoms with van der Waals surface area (Å²) in [4.78, 5) is 126. The lowest BCUT2D eigenvalue weighted by Gasteiger charge is -2.17. The zero-order chi connectivity index (χ0) is 68.9. The minimum absolute atomic E-state index is 0. The number of hydrogen-bond donors (Lipinski definition) is 7. The Bertz CT molecular complexity index is 4120. The number of nitrogens with zero attached hydrogens (tertiary/aromatic N) is 6. The first-order chi connectivity index (χ1) is 43.7. The van der Waals surface area contributed by atoms with Gasteiger partial charge < -0.3 is 40.1 Å². The Kier molecular flexibility index (Phi) is 35.4. The molecule has 0 spiro atoms. The lowest BCUT2D eigenvalue weighted by atomic mass is 9.40. The monoisotopic (exact) mass is 1630 g/mol. The predicted octanol–water partition coefficient (Wildman–Crippen LogP) is 3.94. The van der Waals surface area contributed by atoms with Crippen LogP contribution in [-0.4, -0.2) is 112 Å². The number of nitrogens with two attached hydrogens (primary N) is 1. The molecule has 7 rings (SSSR count). The second-order valence-corrected chi connectivity index (χ2v) is 21.4. The van der Waals surface area contributed by atoms with E-state index in [-0.39, 0.29) is 74.1 Å². The van der Waals surface area contributed by atoms with Crippen molar-refractivity contribution in [2.45, 2.75) is 7.43 Å². The summed E-state index contributed by atoms with van der Waals surface area (Å²) in [6.07, 6.45) is 2.56. The number of esters is 1. The van der Waals surface area contributed by atoms with E-state index in [9.17, 15) is 56.3 Å². The van der Waals surface area contributed by atoms with E-state index in [2.05, 4.69) is 65.5 Å². The molecule has 493 valence electrons. The van der Waals surface area contributed by atoms with E-state index in [0.29, 0.717) is 23.9 Å². The van der Waals surface area contributed by atoms with Gasteiger partial charge in [-0.25, -0.2) is 49.2 Å². The number of ether oxygens (including phenoxy) is 3. The highest BCUT2D eigenvalue weighted by Gasteiger charge is 2.27. The number of halogens is 6. The molecule has 5 radical (unpaired) electrons.